The van der Waals surface area contributed by atoms with Crippen LogP contribution >= 0.6 is 0 Å². The average molecular weight is 393 g/mol. The molecule has 0 heterocycles. The quantitative estimate of drug-likeness (QED) is 0.681. The van der Waals surface area contributed by atoms with Crippen LogP contribution in [-0.2, 0) is 9.53 Å². The fourth-order valence-corrected chi connectivity index (χ4v) is 3.87. The third-order valence-electron chi connectivity index (χ3n) is 5.08. The first-order chi connectivity index (χ1) is 14.0. The SMILES string of the molecule is COC(=O)[C@@H](NC(=O)c1cc(F)cc(F)c1)C1c2ccccc2-c2ccccc21. The van der Waals surface area contributed by atoms with Crippen molar-refractivity contribution in [3.8, 4) is 11.1 Å². The van der Waals surface area contributed by atoms with E-state index in [1.54, 1.807) is 0 Å². The van der Waals surface area contributed by atoms with Crippen LogP contribution in [0, 0.1) is 11.6 Å². The van der Waals surface area contributed by atoms with Gasteiger partial charge in [0.15, 0.2) is 0 Å². The normalized spacial score (nSPS) is 13.3. The second kappa shape index (κ2) is 7.47. The Morgan fingerprint density at radius 3 is 1.93 bits per heavy atom. The first-order valence-corrected chi connectivity index (χ1v) is 9.02. The summed E-state index contributed by atoms with van der Waals surface area (Å²) in [5.74, 6) is -3.65. The predicted molar refractivity (Wildman–Crippen MR) is 103 cm³/mol. The molecule has 146 valence electrons. The van der Waals surface area contributed by atoms with Crippen LogP contribution < -0.4 is 5.32 Å². The minimum Gasteiger partial charge on any atom is -0.467 e. The molecule has 1 amide bonds. The molecule has 1 N–H and O–H groups in total. The van der Waals surface area contributed by atoms with Gasteiger partial charge in [-0.1, -0.05) is 48.5 Å². The summed E-state index contributed by atoms with van der Waals surface area (Å²) in [5.41, 5.74) is 3.46. The molecule has 1 aliphatic rings. The van der Waals surface area contributed by atoms with Crippen molar-refractivity contribution in [3.63, 3.8) is 0 Å². The first-order valence-electron chi connectivity index (χ1n) is 9.02. The van der Waals surface area contributed by atoms with Crippen LogP contribution in [0.3, 0.4) is 0 Å². The van der Waals surface area contributed by atoms with Crippen molar-refractivity contribution < 1.29 is 23.1 Å². The maximum Gasteiger partial charge on any atom is 0.329 e. The van der Waals surface area contributed by atoms with Gasteiger partial charge in [-0.25, -0.2) is 13.6 Å². The number of hydrogen-bond donors (Lipinski definition) is 1. The average Bonchev–Trinajstić information content (AvgIpc) is 3.05. The number of benzene rings is 3. The third-order valence-corrected chi connectivity index (χ3v) is 5.08. The minimum absolute atomic E-state index is 0.212. The van der Waals surface area contributed by atoms with Crippen LogP contribution in [0.2, 0.25) is 0 Å². The highest BCUT2D eigenvalue weighted by molar-refractivity contribution is 5.98. The monoisotopic (exact) mass is 393 g/mol. The van der Waals surface area contributed by atoms with E-state index in [-0.39, 0.29) is 5.56 Å². The number of nitrogens with one attached hydrogen (secondary N) is 1. The summed E-state index contributed by atoms with van der Waals surface area (Å²) in [6.45, 7) is 0. The molecule has 6 heteroatoms. The maximum atomic E-state index is 13.5. The number of hydrogen-bond acceptors (Lipinski definition) is 3. The topological polar surface area (TPSA) is 55.4 Å². The molecular weight excluding hydrogens is 376 g/mol. The Labute approximate surface area is 166 Å². The van der Waals surface area contributed by atoms with Crippen molar-refractivity contribution in [2.24, 2.45) is 0 Å². The van der Waals surface area contributed by atoms with Gasteiger partial charge >= 0.3 is 5.97 Å². The van der Waals surface area contributed by atoms with Gasteiger partial charge in [0.25, 0.3) is 5.91 Å². The second-order valence-corrected chi connectivity index (χ2v) is 6.78. The van der Waals surface area contributed by atoms with Crippen LogP contribution in [-0.4, -0.2) is 25.0 Å². The highest BCUT2D eigenvalue weighted by Gasteiger charge is 2.39. The summed E-state index contributed by atoms with van der Waals surface area (Å²) in [6, 6.07) is 16.7. The van der Waals surface area contributed by atoms with Crippen LogP contribution in [0.15, 0.2) is 66.7 Å². The fraction of sp³-hybridized carbons (Fsp3) is 0.130. The molecule has 0 aliphatic heterocycles. The van der Waals surface area contributed by atoms with Crippen LogP contribution in [0.25, 0.3) is 11.1 Å². The molecular formula is C23H17F2NO3. The van der Waals surface area contributed by atoms with Gasteiger partial charge in [-0.15, -0.1) is 0 Å². The summed E-state index contributed by atoms with van der Waals surface area (Å²) in [6.07, 6.45) is 0. The molecule has 3 aromatic rings. The molecule has 4 nitrogen and oxygen atoms in total. The zero-order valence-electron chi connectivity index (χ0n) is 15.5. The number of ether oxygens (including phenoxy) is 1. The van der Waals surface area contributed by atoms with Crippen LogP contribution in [0.1, 0.15) is 27.4 Å². The van der Waals surface area contributed by atoms with E-state index in [0.29, 0.717) is 6.07 Å². The largest absolute Gasteiger partial charge is 0.467 e. The number of carbonyl (C=O) groups excluding carboxylic acids is 2. The predicted octanol–water partition coefficient (Wildman–Crippen LogP) is 4.05. The Hall–Kier alpha value is -3.54. The lowest BCUT2D eigenvalue weighted by Gasteiger charge is -2.24. The van der Waals surface area contributed by atoms with Gasteiger partial charge < -0.3 is 10.1 Å². The molecule has 0 radical (unpaired) electrons. The Morgan fingerprint density at radius 1 is 0.897 bits per heavy atom. The molecule has 0 saturated heterocycles. The van der Waals surface area contributed by atoms with E-state index in [9.17, 15) is 18.4 Å². The molecule has 0 bridgehead atoms. The van der Waals surface area contributed by atoms with Crippen molar-refractivity contribution in [1.29, 1.82) is 0 Å². The van der Waals surface area contributed by atoms with Crippen molar-refractivity contribution in [2.45, 2.75) is 12.0 Å². The maximum absolute atomic E-state index is 13.5. The zero-order valence-corrected chi connectivity index (χ0v) is 15.5. The van der Waals surface area contributed by atoms with Crippen molar-refractivity contribution in [3.05, 3.63) is 95.1 Å². The molecule has 3 aromatic carbocycles. The number of carbonyl (C=O) groups is 2. The summed E-state index contributed by atoms with van der Waals surface area (Å²) in [5, 5.41) is 2.62. The Balaban J connectivity index is 1.76. The number of fused-ring (bicyclic) bond motifs is 3. The Morgan fingerprint density at radius 2 is 1.41 bits per heavy atom. The number of amides is 1. The summed E-state index contributed by atoms with van der Waals surface area (Å²) < 4.78 is 32.0. The van der Waals surface area contributed by atoms with E-state index in [4.69, 9.17) is 4.74 Å². The number of rotatable bonds is 4. The zero-order chi connectivity index (χ0) is 20.5. The minimum atomic E-state index is -1.07. The molecule has 0 unspecified atom stereocenters. The molecule has 1 atom stereocenters. The molecule has 0 spiro atoms. The number of methoxy groups -OCH3 is 1. The Bertz CT molecular complexity index is 1050. The van der Waals surface area contributed by atoms with E-state index in [0.717, 1.165) is 34.4 Å². The van der Waals surface area contributed by atoms with E-state index in [1.807, 2.05) is 48.5 Å². The molecule has 1 aliphatic carbocycles. The van der Waals surface area contributed by atoms with E-state index in [1.165, 1.54) is 7.11 Å². The van der Waals surface area contributed by atoms with Crippen molar-refractivity contribution in [2.75, 3.05) is 7.11 Å². The van der Waals surface area contributed by atoms with Gasteiger partial charge in [0.05, 0.1) is 7.11 Å². The third kappa shape index (κ3) is 3.38. The Kier molecular flexibility index (Phi) is 4.84. The lowest BCUT2D eigenvalue weighted by molar-refractivity contribution is -0.143. The van der Waals surface area contributed by atoms with Gasteiger partial charge in [0.1, 0.15) is 17.7 Å². The van der Waals surface area contributed by atoms with E-state index in [2.05, 4.69) is 5.32 Å². The lowest BCUT2D eigenvalue weighted by atomic mass is 9.89. The highest BCUT2D eigenvalue weighted by atomic mass is 19.1. The first kappa shape index (κ1) is 18.8. The molecule has 4 rings (SSSR count). The van der Waals surface area contributed by atoms with E-state index < -0.39 is 35.5 Å². The molecule has 0 fully saturated rings. The van der Waals surface area contributed by atoms with Crippen molar-refractivity contribution in [1.82, 2.24) is 5.32 Å². The summed E-state index contributed by atoms with van der Waals surface area (Å²) in [7, 11) is 1.23. The smallest absolute Gasteiger partial charge is 0.329 e. The molecule has 0 saturated carbocycles. The van der Waals surface area contributed by atoms with Gasteiger partial charge in [-0.3, -0.25) is 4.79 Å². The van der Waals surface area contributed by atoms with Crippen LogP contribution in [0.5, 0.6) is 0 Å². The van der Waals surface area contributed by atoms with Gasteiger partial charge in [-0.05, 0) is 34.4 Å². The van der Waals surface area contributed by atoms with Gasteiger partial charge in [0, 0.05) is 17.5 Å². The molecule has 29 heavy (non-hydrogen) atoms. The van der Waals surface area contributed by atoms with E-state index >= 15 is 0 Å². The summed E-state index contributed by atoms with van der Waals surface area (Å²) >= 11 is 0. The molecule has 0 aromatic heterocycles. The second-order valence-electron chi connectivity index (χ2n) is 6.78. The lowest BCUT2D eigenvalue weighted by Crippen LogP contribution is -2.45. The number of halogens is 2. The van der Waals surface area contributed by atoms with Gasteiger partial charge in [0.2, 0.25) is 0 Å². The highest BCUT2D eigenvalue weighted by Crippen LogP contribution is 2.46. The van der Waals surface area contributed by atoms with Gasteiger partial charge in [-0.2, -0.15) is 0 Å². The number of esters is 1. The van der Waals surface area contributed by atoms with Crippen LogP contribution in [0.4, 0.5) is 8.78 Å². The standard InChI is InChI=1S/C23H17F2NO3/c1-29-23(28)21(26-22(27)13-10-14(24)12-15(25)11-13)20-18-8-4-2-6-16(18)17-7-3-5-9-19(17)20/h2-12,20-21H,1H3,(H,26,27)/t21-/m0/s1. The fourth-order valence-electron chi connectivity index (χ4n) is 3.87. The van der Waals surface area contributed by atoms with Crippen molar-refractivity contribution >= 4 is 11.9 Å². The summed E-state index contributed by atoms with van der Waals surface area (Å²) in [4.78, 5) is 25.3.